The average molecular weight is 148 g/mol. The zero-order valence-corrected chi connectivity index (χ0v) is 5.36. The van der Waals surface area contributed by atoms with E-state index in [0.29, 0.717) is 0 Å². The van der Waals surface area contributed by atoms with Gasteiger partial charge in [-0.1, -0.05) is 0 Å². The van der Waals surface area contributed by atoms with Gasteiger partial charge in [-0.15, -0.1) is 5.06 Å². The Morgan fingerprint density at radius 2 is 1.50 bits per heavy atom. The number of nitrogens with two attached hydrogens (primary N) is 3. The van der Waals surface area contributed by atoms with Crippen molar-refractivity contribution in [2.45, 2.75) is 18.9 Å². The van der Waals surface area contributed by atoms with E-state index in [1.54, 1.807) is 0 Å². The van der Waals surface area contributed by atoms with Crippen LogP contribution in [0.1, 0.15) is 0 Å². The average Bonchev–Trinajstić information content (AvgIpc) is 1.82. The summed E-state index contributed by atoms with van der Waals surface area (Å²) in [6.07, 6.45) is -1.91. The van der Waals surface area contributed by atoms with Crippen molar-refractivity contribution in [2.75, 3.05) is 0 Å². The van der Waals surface area contributed by atoms with E-state index in [1.807, 2.05) is 0 Å². The summed E-state index contributed by atoms with van der Waals surface area (Å²) < 4.78 is 0. The Labute approximate surface area is 58.1 Å². The molecule has 7 nitrogen and oxygen atoms in total. The monoisotopic (exact) mass is 148 g/mol. The molecule has 2 unspecified atom stereocenters. The molecule has 0 aliphatic carbocycles. The lowest BCUT2D eigenvalue weighted by Gasteiger charge is -2.37. The van der Waals surface area contributed by atoms with Gasteiger partial charge in [-0.25, -0.2) is 0 Å². The summed E-state index contributed by atoms with van der Waals surface area (Å²) >= 11 is 0. The summed E-state index contributed by atoms with van der Waals surface area (Å²) in [5.74, 6) is 0. The number of nitrogens with zero attached hydrogens (tertiary/aromatic N) is 1. The minimum Gasteiger partial charge on any atom is -0.308 e. The molecule has 0 amide bonds. The Morgan fingerprint density at radius 1 is 1.10 bits per heavy atom. The van der Waals surface area contributed by atoms with Crippen molar-refractivity contribution in [3.8, 4) is 0 Å². The number of hydroxylamine groups is 2. The highest BCUT2D eigenvalue weighted by Crippen LogP contribution is 1.92. The van der Waals surface area contributed by atoms with Crippen LogP contribution in [0.25, 0.3) is 0 Å². The second-order valence-electron chi connectivity index (χ2n) is 2.08. The van der Waals surface area contributed by atoms with Crippen LogP contribution in [-0.2, 0) is 0 Å². The molecule has 0 saturated carbocycles. The van der Waals surface area contributed by atoms with Crippen molar-refractivity contribution in [3.63, 3.8) is 0 Å². The molecule has 1 saturated heterocycles. The second kappa shape index (κ2) is 2.76. The van der Waals surface area contributed by atoms with Gasteiger partial charge in [0.2, 0.25) is 0 Å². The molecule has 0 aromatic carbocycles. The Bertz CT molecular complexity index is 108. The topological polar surface area (TPSA) is 126 Å². The summed E-state index contributed by atoms with van der Waals surface area (Å²) in [4.78, 5) is 0. The van der Waals surface area contributed by atoms with Crippen LogP contribution >= 0.6 is 0 Å². The smallest absolute Gasteiger partial charge is 0.140 e. The third-order valence-corrected chi connectivity index (χ3v) is 1.27. The summed E-state index contributed by atoms with van der Waals surface area (Å²) in [6.45, 7) is 0. The van der Waals surface area contributed by atoms with Crippen LogP contribution in [0.2, 0.25) is 0 Å². The second-order valence-corrected chi connectivity index (χ2v) is 2.08. The zero-order valence-electron chi connectivity index (χ0n) is 5.36. The van der Waals surface area contributed by atoms with Gasteiger partial charge in [0.25, 0.3) is 0 Å². The lowest BCUT2D eigenvalue weighted by atomic mass is 10.5. The fourth-order valence-electron chi connectivity index (χ4n) is 0.742. The maximum Gasteiger partial charge on any atom is 0.140 e. The molecule has 1 rings (SSSR count). The Morgan fingerprint density at radius 3 is 1.90 bits per heavy atom. The maximum absolute atomic E-state index is 8.97. The molecule has 1 fully saturated rings. The first-order valence-corrected chi connectivity index (χ1v) is 2.87. The first-order valence-electron chi connectivity index (χ1n) is 2.87. The number of nitrogens with one attached hydrogen (secondary N) is 2. The lowest BCUT2D eigenvalue weighted by molar-refractivity contribution is -0.197. The summed E-state index contributed by atoms with van der Waals surface area (Å²) in [5.41, 5.74) is 16.0. The highest BCUT2D eigenvalue weighted by Gasteiger charge is 2.26. The van der Waals surface area contributed by atoms with E-state index < -0.39 is 18.9 Å². The molecule has 1 aliphatic heterocycles. The molecule has 0 spiro atoms. The van der Waals surface area contributed by atoms with Gasteiger partial charge in [0.15, 0.2) is 0 Å². The first kappa shape index (κ1) is 7.82. The van der Waals surface area contributed by atoms with Crippen molar-refractivity contribution in [2.24, 2.45) is 17.2 Å². The van der Waals surface area contributed by atoms with Gasteiger partial charge >= 0.3 is 0 Å². The van der Waals surface area contributed by atoms with E-state index in [4.69, 9.17) is 22.4 Å². The Balaban J connectivity index is 2.49. The molecule has 1 aliphatic rings. The fraction of sp³-hybridized carbons (Fsp3) is 1.00. The lowest BCUT2D eigenvalue weighted by Crippen LogP contribution is -2.75. The molecular formula is C3H12N6O. The highest BCUT2D eigenvalue weighted by molar-refractivity contribution is 4.71. The molecule has 9 N–H and O–H groups in total. The standard InChI is InChI=1S/C3H12N6O/c4-1-7-2(5)9(10)3(6)8-1/h1-3,7-8,10H,4-6H2. The molecule has 0 aromatic heterocycles. The largest absolute Gasteiger partial charge is 0.308 e. The van der Waals surface area contributed by atoms with Gasteiger partial charge in [0, 0.05) is 0 Å². The van der Waals surface area contributed by atoms with Crippen LogP contribution in [0.5, 0.6) is 0 Å². The van der Waals surface area contributed by atoms with Crippen LogP contribution < -0.4 is 27.8 Å². The fourth-order valence-corrected chi connectivity index (χ4v) is 0.742. The number of hydrogen-bond donors (Lipinski definition) is 6. The van der Waals surface area contributed by atoms with E-state index >= 15 is 0 Å². The maximum atomic E-state index is 8.97. The molecule has 10 heavy (non-hydrogen) atoms. The van der Waals surface area contributed by atoms with Crippen LogP contribution in [0.4, 0.5) is 0 Å². The predicted octanol–water partition coefficient (Wildman–Crippen LogP) is -3.40. The highest BCUT2D eigenvalue weighted by atomic mass is 16.5. The van der Waals surface area contributed by atoms with Crippen molar-refractivity contribution in [1.29, 1.82) is 0 Å². The summed E-state index contributed by atoms with van der Waals surface area (Å²) in [5, 5.41) is 14.9. The van der Waals surface area contributed by atoms with Crippen LogP contribution in [0, 0.1) is 0 Å². The van der Waals surface area contributed by atoms with Gasteiger partial charge in [0.1, 0.15) is 18.9 Å². The number of rotatable bonds is 0. The molecule has 0 bridgehead atoms. The molecule has 1 heterocycles. The molecule has 2 atom stereocenters. The third-order valence-electron chi connectivity index (χ3n) is 1.27. The van der Waals surface area contributed by atoms with Crippen LogP contribution in [0.15, 0.2) is 0 Å². The first-order chi connectivity index (χ1) is 4.61. The van der Waals surface area contributed by atoms with Crippen LogP contribution in [-0.4, -0.2) is 29.1 Å². The molecule has 0 aromatic rings. The van der Waals surface area contributed by atoms with E-state index in [0.717, 1.165) is 5.06 Å². The van der Waals surface area contributed by atoms with Crippen molar-refractivity contribution in [1.82, 2.24) is 15.7 Å². The summed E-state index contributed by atoms with van der Waals surface area (Å²) in [6, 6.07) is 0. The van der Waals surface area contributed by atoms with Crippen LogP contribution in [0.3, 0.4) is 0 Å². The van der Waals surface area contributed by atoms with E-state index in [1.165, 1.54) is 0 Å². The molecule has 60 valence electrons. The molecular weight excluding hydrogens is 136 g/mol. The van der Waals surface area contributed by atoms with E-state index in [2.05, 4.69) is 10.6 Å². The van der Waals surface area contributed by atoms with E-state index in [9.17, 15) is 0 Å². The zero-order chi connectivity index (χ0) is 7.72. The quantitative estimate of drug-likeness (QED) is 0.211. The SMILES string of the molecule is NC1NC(N)N(O)C(N)N1. The van der Waals surface area contributed by atoms with Gasteiger partial charge in [-0.2, -0.15) is 0 Å². The van der Waals surface area contributed by atoms with Gasteiger partial charge in [-0.3, -0.25) is 10.6 Å². The van der Waals surface area contributed by atoms with E-state index in [-0.39, 0.29) is 0 Å². The predicted molar refractivity (Wildman–Crippen MR) is 33.8 cm³/mol. The number of hydrogen-bond acceptors (Lipinski definition) is 7. The Hall–Kier alpha value is -0.280. The normalized spacial score (nSPS) is 43.8. The summed E-state index contributed by atoms with van der Waals surface area (Å²) in [7, 11) is 0. The van der Waals surface area contributed by atoms with Crippen molar-refractivity contribution in [3.05, 3.63) is 0 Å². The Kier molecular flexibility index (Phi) is 2.16. The molecule has 7 heteroatoms. The van der Waals surface area contributed by atoms with Gasteiger partial charge in [0.05, 0.1) is 0 Å². The minimum atomic E-state index is -0.716. The minimum absolute atomic E-state index is 0.478. The van der Waals surface area contributed by atoms with Gasteiger partial charge in [-0.05, 0) is 0 Å². The third kappa shape index (κ3) is 1.41. The molecule has 0 radical (unpaired) electrons. The van der Waals surface area contributed by atoms with Crippen molar-refractivity contribution < 1.29 is 5.21 Å². The van der Waals surface area contributed by atoms with Crippen molar-refractivity contribution >= 4 is 0 Å². The van der Waals surface area contributed by atoms with Gasteiger partial charge < -0.3 is 22.4 Å².